The lowest BCUT2D eigenvalue weighted by Gasteiger charge is -2.02. The summed E-state index contributed by atoms with van der Waals surface area (Å²) in [6.45, 7) is 0. The average molecular weight is 250 g/mol. The number of aromatic amines is 2. The molecular formula is C13H10N6. The second-order valence-electron chi connectivity index (χ2n) is 4.27. The fourth-order valence-corrected chi connectivity index (χ4v) is 2.10. The number of hydrogen-bond acceptors (Lipinski definition) is 4. The number of H-pyrrole nitrogens is 2. The Kier molecular flexibility index (Phi) is 2.02. The van der Waals surface area contributed by atoms with Crippen molar-refractivity contribution in [3.8, 4) is 0 Å². The van der Waals surface area contributed by atoms with Gasteiger partial charge in [-0.3, -0.25) is 15.2 Å². The molecule has 0 fully saturated rings. The van der Waals surface area contributed by atoms with Crippen LogP contribution in [0.2, 0.25) is 0 Å². The maximum Gasteiger partial charge on any atom is 0.178 e. The summed E-state index contributed by atoms with van der Waals surface area (Å²) in [5.41, 5.74) is 3.70. The van der Waals surface area contributed by atoms with Crippen LogP contribution < -0.4 is 5.32 Å². The number of pyridine rings is 1. The van der Waals surface area contributed by atoms with Crippen molar-refractivity contribution in [2.75, 3.05) is 5.32 Å². The fourth-order valence-electron chi connectivity index (χ4n) is 2.10. The van der Waals surface area contributed by atoms with Crippen LogP contribution in [0.15, 0.2) is 42.7 Å². The highest BCUT2D eigenvalue weighted by Gasteiger charge is 2.06. The number of aromatic nitrogens is 5. The number of anilines is 2. The van der Waals surface area contributed by atoms with Gasteiger partial charge in [0.15, 0.2) is 5.82 Å². The first kappa shape index (κ1) is 10.1. The Balaban J connectivity index is 1.77. The van der Waals surface area contributed by atoms with E-state index in [9.17, 15) is 0 Å². The first-order chi connectivity index (χ1) is 9.40. The molecule has 0 amide bonds. The zero-order valence-electron chi connectivity index (χ0n) is 9.88. The minimum Gasteiger partial charge on any atom is -0.337 e. The highest BCUT2D eigenvalue weighted by Crippen LogP contribution is 2.23. The molecule has 0 radical (unpaired) electrons. The lowest BCUT2D eigenvalue weighted by Crippen LogP contribution is -1.91. The predicted octanol–water partition coefficient (Wildman–Crippen LogP) is 2.58. The molecular weight excluding hydrogens is 240 g/mol. The van der Waals surface area contributed by atoms with Gasteiger partial charge in [-0.15, -0.1) is 0 Å². The van der Waals surface area contributed by atoms with Crippen LogP contribution in [0.1, 0.15) is 0 Å². The van der Waals surface area contributed by atoms with Crippen molar-refractivity contribution in [3.05, 3.63) is 42.7 Å². The van der Waals surface area contributed by atoms with Crippen LogP contribution in [0, 0.1) is 0 Å². The molecule has 3 heterocycles. The lowest BCUT2D eigenvalue weighted by molar-refractivity contribution is 1.12. The van der Waals surface area contributed by atoms with Crippen molar-refractivity contribution in [2.45, 2.75) is 0 Å². The van der Waals surface area contributed by atoms with Gasteiger partial charge < -0.3 is 5.32 Å². The molecule has 19 heavy (non-hydrogen) atoms. The topological polar surface area (TPSA) is 82.3 Å². The van der Waals surface area contributed by atoms with Crippen LogP contribution in [0.4, 0.5) is 11.5 Å². The van der Waals surface area contributed by atoms with Crippen LogP contribution in [0.5, 0.6) is 0 Å². The molecule has 0 aliphatic carbocycles. The highest BCUT2D eigenvalue weighted by atomic mass is 15.2. The third-order valence-corrected chi connectivity index (χ3v) is 3.02. The Bertz CT molecular complexity index is 859. The van der Waals surface area contributed by atoms with Gasteiger partial charge in [-0.25, -0.2) is 0 Å². The first-order valence-corrected chi connectivity index (χ1v) is 5.89. The second kappa shape index (κ2) is 3.81. The van der Waals surface area contributed by atoms with Crippen LogP contribution >= 0.6 is 0 Å². The van der Waals surface area contributed by atoms with E-state index in [2.05, 4.69) is 30.7 Å². The smallest absolute Gasteiger partial charge is 0.178 e. The third kappa shape index (κ3) is 1.61. The average Bonchev–Trinajstić information content (AvgIpc) is 3.06. The molecule has 3 aromatic heterocycles. The van der Waals surface area contributed by atoms with Crippen molar-refractivity contribution in [1.82, 2.24) is 25.4 Å². The van der Waals surface area contributed by atoms with E-state index in [0.29, 0.717) is 0 Å². The normalized spacial score (nSPS) is 11.2. The molecule has 0 saturated heterocycles. The molecule has 0 aliphatic rings. The Morgan fingerprint density at radius 3 is 3.05 bits per heavy atom. The van der Waals surface area contributed by atoms with Crippen molar-refractivity contribution < 1.29 is 0 Å². The summed E-state index contributed by atoms with van der Waals surface area (Å²) in [7, 11) is 0. The van der Waals surface area contributed by atoms with Crippen LogP contribution in [-0.2, 0) is 0 Å². The SMILES string of the molecule is c1cnc2c(Nc3ccc4[nH]ncc4c3)n[nH]c2c1. The zero-order chi connectivity index (χ0) is 12.7. The summed E-state index contributed by atoms with van der Waals surface area (Å²) >= 11 is 0. The number of nitrogens with one attached hydrogen (secondary N) is 3. The fraction of sp³-hybridized carbons (Fsp3) is 0. The van der Waals surface area contributed by atoms with E-state index in [4.69, 9.17) is 0 Å². The van der Waals surface area contributed by atoms with E-state index < -0.39 is 0 Å². The van der Waals surface area contributed by atoms with Gasteiger partial charge in [-0.2, -0.15) is 10.2 Å². The van der Waals surface area contributed by atoms with Gasteiger partial charge in [-0.1, -0.05) is 0 Å². The molecule has 3 N–H and O–H groups in total. The van der Waals surface area contributed by atoms with Gasteiger partial charge in [0.1, 0.15) is 5.52 Å². The van der Waals surface area contributed by atoms with E-state index in [1.54, 1.807) is 12.4 Å². The molecule has 1 aromatic carbocycles. The number of rotatable bonds is 2. The van der Waals surface area contributed by atoms with E-state index in [0.717, 1.165) is 33.4 Å². The summed E-state index contributed by atoms with van der Waals surface area (Å²) in [6.07, 6.45) is 3.55. The zero-order valence-corrected chi connectivity index (χ0v) is 9.88. The molecule has 6 heteroatoms. The minimum atomic E-state index is 0.721. The van der Waals surface area contributed by atoms with E-state index in [-0.39, 0.29) is 0 Å². The molecule has 0 unspecified atom stereocenters. The molecule has 4 aromatic rings. The predicted molar refractivity (Wildman–Crippen MR) is 73.3 cm³/mol. The Labute approximate surface area is 107 Å². The van der Waals surface area contributed by atoms with Gasteiger partial charge >= 0.3 is 0 Å². The molecule has 0 atom stereocenters. The Morgan fingerprint density at radius 2 is 2.05 bits per heavy atom. The van der Waals surface area contributed by atoms with E-state index in [1.165, 1.54) is 0 Å². The minimum absolute atomic E-state index is 0.721. The standard InChI is InChI=1S/C13H10N6/c1-2-11-12(14-5-1)13(19-18-11)16-9-3-4-10-8(6-9)7-15-17-10/h1-7H,(H,15,17)(H2,16,18,19). The molecule has 0 bridgehead atoms. The molecule has 0 spiro atoms. The third-order valence-electron chi connectivity index (χ3n) is 3.02. The summed E-state index contributed by atoms with van der Waals surface area (Å²) in [5.74, 6) is 0.721. The molecule has 6 nitrogen and oxygen atoms in total. The van der Waals surface area contributed by atoms with E-state index >= 15 is 0 Å². The lowest BCUT2D eigenvalue weighted by atomic mass is 10.2. The summed E-state index contributed by atoms with van der Waals surface area (Å²) in [6, 6.07) is 9.79. The number of nitrogens with zero attached hydrogens (tertiary/aromatic N) is 3. The maximum atomic E-state index is 4.31. The molecule has 0 aliphatic heterocycles. The highest BCUT2D eigenvalue weighted by molar-refractivity contribution is 5.89. The van der Waals surface area contributed by atoms with Gasteiger partial charge in [-0.05, 0) is 30.3 Å². The van der Waals surface area contributed by atoms with E-state index in [1.807, 2.05) is 30.3 Å². The molecule has 4 rings (SSSR count). The first-order valence-electron chi connectivity index (χ1n) is 5.89. The van der Waals surface area contributed by atoms with Gasteiger partial charge in [0.25, 0.3) is 0 Å². The quantitative estimate of drug-likeness (QED) is 0.510. The Hall–Kier alpha value is -2.89. The van der Waals surface area contributed by atoms with Gasteiger partial charge in [0, 0.05) is 17.3 Å². The van der Waals surface area contributed by atoms with Crippen LogP contribution in [-0.4, -0.2) is 25.4 Å². The van der Waals surface area contributed by atoms with Crippen molar-refractivity contribution in [3.63, 3.8) is 0 Å². The summed E-state index contributed by atoms with van der Waals surface area (Å²) in [5, 5.41) is 18.4. The summed E-state index contributed by atoms with van der Waals surface area (Å²) < 4.78 is 0. The molecule has 92 valence electrons. The largest absolute Gasteiger partial charge is 0.337 e. The number of benzene rings is 1. The van der Waals surface area contributed by atoms with Gasteiger partial charge in [0.2, 0.25) is 0 Å². The number of fused-ring (bicyclic) bond motifs is 2. The van der Waals surface area contributed by atoms with Gasteiger partial charge in [0.05, 0.1) is 17.2 Å². The van der Waals surface area contributed by atoms with Crippen LogP contribution in [0.3, 0.4) is 0 Å². The maximum absolute atomic E-state index is 4.31. The monoisotopic (exact) mass is 250 g/mol. The molecule has 0 saturated carbocycles. The van der Waals surface area contributed by atoms with Crippen molar-refractivity contribution in [2.24, 2.45) is 0 Å². The van der Waals surface area contributed by atoms with Crippen LogP contribution in [0.25, 0.3) is 21.9 Å². The second-order valence-corrected chi connectivity index (χ2v) is 4.27. The van der Waals surface area contributed by atoms with Crippen molar-refractivity contribution in [1.29, 1.82) is 0 Å². The Morgan fingerprint density at radius 1 is 1.05 bits per heavy atom. The van der Waals surface area contributed by atoms with Crippen molar-refractivity contribution >= 4 is 33.4 Å². The number of hydrogen-bond donors (Lipinski definition) is 3. The summed E-state index contributed by atoms with van der Waals surface area (Å²) in [4.78, 5) is 4.31.